The smallest absolute Gasteiger partial charge is 0.176 e. The fourth-order valence-electron chi connectivity index (χ4n) is 1.73. The lowest BCUT2D eigenvalue weighted by Crippen LogP contribution is -2.17. The van der Waals surface area contributed by atoms with Crippen molar-refractivity contribution in [2.24, 2.45) is 0 Å². The van der Waals surface area contributed by atoms with Gasteiger partial charge in [-0.2, -0.15) is 0 Å². The van der Waals surface area contributed by atoms with Gasteiger partial charge >= 0.3 is 0 Å². The number of phenols is 1. The molecule has 0 fully saturated rings. The molecule has 1 aliphatic heterocycles. The van der Waals surface area contributed by atoms with Crippen LogP contribution >= 0.6 is 15.9 Å². The van der Waals surface area contributed by atoms with Gasteiger partial charge in [0.25, 0.3) is 0 Å². The van der Waals surface area contributed by atoms with Crippen LogP contribution in [-0.4, -0.2) is 18.3 Å². The Hall–Kier alpha value is -0.900. The third-order valence-corrected chi connectivity index (χ3v) is 2.95. The van der Waals surface area contributed by atoms with Crippen LogP contribution in [0.2, 0.25) is 0 Å². The van der Waals surface area contributed by atoms with Crippen molar-refractivity contribution in [3.8, 4) is 17.2 Å². The first kappa shape index (κ1) is 10.6. The van der Waals surface area contributed by atoms with E-state index in [4.69, 9.17) is 9.47 Å². The molecule has 1 aromatic carbocycles. The monoisotopic (exact) mass is 272 g/mol. The number of aromatic hydroxyl groups is 1. The van der Waals surface area contributed by atoms with Crippen LogP contribution < -0.4 is 9.47 Å². The molecule has 1 N–H and O–H groups in total. The third-order valence-electron chi connectivity index (χ3n) is 2.36. The molecule has 1 heterocycles. The normalized spacial score (nSPS) is 14.4. The van der Waals surface area contributed by atoms with Gasteiger partial charge in [-0.05, 0) is 27.9 Å². The second-order valence-corrected chi connectivity index (χ2v) is 4.66. The lowest BCUT2D eigenvalue weighted by Gasteiger charge is -2.24. The summed E-state index contributed by atoms with van der Waals surface area (Å²) in [5.41, 5.74) is 0.813. The number of phenolic OH excluding ortho intramolecular Hbond substituents is 1. The Kier molecular flexibility index (Phi) is 2.78. The van der Waals surface area contributed by atoms with Gasteiger partial charge in [-0.15, -0.1) is 0 Å². The number of halogens is 1. The molecule has 0 aliphatic carbocycles. The quantitative estimate of drug-likeness (QED) is 0.854. The van der Waals surface area contributed by atoms with Crippen molar-refractivity contribution in [3.05, 3.63) is 16.1 Å². The van der Waals surface area contributed by atoms with Gasteiger partial charge in [-0.1, -0.05) is 13.8 Å². The molecule has 0 amide bonds. The highest BCUT2D eigenvalue weighted by Gasteiger charge is 2.24. The molecule has 0 atom stereocenters. The molecule has 4 heteroatoms. The van der Waals surface area contributed by atoms with E-state index in [2.05, 4.69) is 15.9 Å². The summed E-state index contributed by atoms with van der Waals surface area (Å²) in [5.74, 6) is 1.82. The molecule has 0 saturated carbocycles. The summed E-state index contributed by atoms with van der Waals surface area (Å²) >= 11 is 3.35. The highest BCUT2D eigenvalue weighted by molar-refractivity contribution is 9.10. The van der Waals surface area contributed by atoms with Crippen LogP contribution in [0.5, 0.6) is 17.2 Å². The average molecular weight is 273 g/mol. The van der Waals surface area contributed by atoms with Crippen molar-refractivity contribution < 1.29 is 14.6 Å². The van der Waals surface area contributed by atoms with Crippen molar-refractivity contribution in [2.75, 3.05) is 13.2 Å². The van der Waals surface area contributed by atoms with Crippen molar-refractivity contribution in [1.29, 1.82) is 0 Å². The standard InChI is InChI=1S/C11H13BrO3/c1-6(2)9-8(13)5-7(12)10-11(9)15-4-3-14-10/h5-6,13H,3-4H2,1-2H3. The summed E-state index contributed by atoms with van der Waals surface area (Å²) in [5, 5.41) is 9.85. The van der Waals surface area contributed by atoms with Crippen LogP contribution in [0.1, 0.15) is 25.3 Å². The van der Waals surface area contributed by atoms with E-state index in [0.29, 0.717) is 24.7 Å². The van der Waals surface area contributed by atoms with Crippen molar-refractivity contribution in [1.82, 2.24) is 0 Å². The average Bonchev–Trinajstić information content (AvgIpc) is 2.17. The fourth-order valence-corrected chi connectivity index (χ4v) is 2.24. The van der Waals surface area contributed by atoms with E-state index < -0.39 is 0 Å². The van der Waals surface area contributed by atoms with Crippen molar-refractivity contribution >= 4 is 15.9 Å². The van der Waals surface area contributed by atoms with E-state index in [0.717, 1.165) is 10.0 Å². The lowest BCUT2D eigenvalue weighted by molar-refractivity contribution is 0.167. The Balaban J connectivity index is 2.63. The zero-order valence-corrected chi connectivity index (χ0v) is 10.3. The Morgan fingerprint density at radius 2 is 1.87 bits per heavy atom. The molecule has 3 nitrogen and oxygen atoms in total. The minimum absolute atomic E-state index is 0.202. The van der Waals surface area contributed by atoms with Crippen LogP contribution in [0.4, 0.5) is 0 Å². The Morgan fingerprint density at radius 1 is 1.27 bits per heavy atom. The minimum atomic E-state index is 0.202. The summed E-state index contributed by atoms with van der Waals surface area (Å²) in [6.07, 6.45) is 0. The SMILES string of the molecule is CC(C)c1c(O)cc(Br)c2c1OCCO2. The maximum Gasteiger partial charge on any atom is 0.176 e. The highest BCUT2D eigenvalue weighted by Crippen LogP contribution is 2.47. The van der Waals surface area contributed by atoms with Gasteiger partial charge < -0.3 is 14.6 Å². The van der Waals surface area contributed by atoms with E-state index in [1.807, 2.05) is 13.8 Å². The molecule has 0 spiro atoms. The first-order valence-electron chi connectivity index (χ1n) is 4.92. The van der Waals surface area contributed by atoms with Gasteiger partial charge in [0.15, 0.2) is 11.5 Å². The molecular weight excluding hydrogens is 260 g/mol. The third kappa shape index (κ3) is 1.78. The second kappa shape index (κ2) is 3.93. The van der Waals surface area contributed by atoms with Crippen LogP contribution in [0.3, 0.4) is 0 Å². The van der Waals surface area contributed by atoms with E-state index in [-0.39, 0.29) is 11.7 Å². The molecule has 0 radical (unpaired) electrons. The first-order chi connectivity index (χ1) is 7.11. The van der Waals surface area contributed by atoms with Crippen molar-refractivity contribution in [3.63, 3.8) is 0 Å². The molecular formula is C11H13BrO3. The predicted molar refractivity (Wildman–Crippen MR) is 60.9 cm³/mol. The van der Waals surface area contributed by atoms with E-state index in [1.165, 1.54) is 0 Å². The first-order valence-corrected chi connectivity index (χ1v) is 5.71. The minimum Gasteiger partial charge on any atom is -0.507 e. The maximum atomic E-state index is 9.85. The van der Waals surface area contributed by atoms with Gasteiger partial charge in [-0.3, -0.25) is 0 Å². The van der Waals surface area contributed by atoms with Gasteiger partial charge in [-0.25, -0.2) is 0 Å². The summed E-state index contributed by atoms with van der Waals surface area (Å²) < 4.78 is 11.8. The number of hydrogen-bond donors (Lipinski definition) is 1. The van der Waals surface area contributed by atoms with Crippen LogP contribution in [-0.2, 0) is 0 Å². The van der Waals surface area contributed by atoms with E-state index in [1.54, 1.807) is 6.07 Å². The molecule has 1 aromatic rings. The summed E-state index contributed by atoms with van der Waals surface area (Å²) in [7, 11) is 0. The number of hydrogen-bond acceptors (Lipinski definition) is 3. The summed E-state index contributed by atoms with van der Waals surface area (Å²) in [6.45, 7) is 5.11. The number of benzene rings is 1. The molecule has 0 unspecified atom stereocenters. The number of rotatable bonds is 1. The topological polar surface area (TPSA) is 38.7 Å². The molecule has 0 bridgehead atoms. The lowest BCUT2D eigenvalue weighted by atomic mass is 10.00. The Labute approximate surface area is 97.1 Å². The largest absolute Gasteiger partial charge is 0.507 e. The molecule has 0 saturated heterocycles. The molecule has 1 aliphatic rings. The van der Waals surface area contributed by atoms with Gasteiger partial charge in [0.1, 0.15) is 19.0 Å². The molecule has 2 rings (SSSR count). The van der Waals surface area contributed by atoms with Gasteiger partial charge in [0, 0.05) is 5.56 Å². The van der Waals surface area contributed by atoms with E-state index >= 15 is 0 Å². The zero-order chi connectivity index (χ0) is 11.0. The van der Waals surface area contributed by atoms with Crippen LogP contribution in [0, 0.1) is 0 Å². The van der Waals surface area contributed by atoms with Crippen LogP contribution in [0.25, 0.3) is 0 Å². The van der Waals surface area contributed by atoms with Gasteiger partial charge in [0.05, 0.1) is 4.47 Å². The maximum absolute atomic E-state index is 9.85. The highest BCUT2D eigenvalue weighted by atomic mass is 79.9. The number of ether oxygens (including phenoxy) is 2. The Bertz CT molecular complexity index is 388. The molecule has 0 aromatic heterocycles. The Morgan fingerprint density at radius 3 is 2.47 bits per heavy atom. The molecule has 15 heavy (non-hydrogen) atoms. The predicted octanol–water partition coefficient (Wildman–Crippen LogP) is 3.05. The zero-order valence-electron chi connectivity index (χ0n) is 8.71. The van der Waals surface area contributed by atoms with E-state index in [9.17, 15) is 5.11 Å². The number of fused-ring (bicyclic) bond motifs is 1. The second-order valence-electron chi connectivity index (χ2n) is 3.80. The summed E-state index contributed by atoms with van der Waals surface area (Å²) in [6, 6.07) is 1.66. The fraction of sp³-hybridized carbons (Fsp3) is 0.455. The summed E-state index contributed by atoms with van der Waals surface area (Å²) in [4.78, 5) is 0. The van der Waals surface area contributed by atoms with Crippen LogP contribution in [0.15, 0.2) is 10.5 Å². The van der Waals surface area contributed by atoms with Gasteiger partial charge in [0.2, 0.25) is 0 Å². The van der Waals surface area contributed by atoms with Crippen molar-refractivity contribution in [2.45, 2.75) is 19.8 Å². The molecule has 82 valence electrons.